The number of hydrogen-bond acceptors (Lipinski definition) is 3. The molecule has 0 aliphatic heterocycles. The zero-order valence-corrected chi connectivity index (χ0v) is 11.8. The predicted octanol–water partition coefficient (Wildman–Crippen LogP) is 2.72. The molecule has 21 heavy (non-hydrogen) atoms. The summed E-state index contributed by atoms with van der Waals surface area (Å²) < 4.78 is 40.0. The van der Waals surface area contributed by atoms with Gasteiger partial charge in [-0.25, -0.2) is 0 Å². The number of ether oxygens (including phenoxy) is 1. The lowest BCUT2D eigenvalue weighted by Gasteiger charge is -2.17. The quantitative estimate of drug-likeness (QED) is 0.849. The summed E-state index contributed by atoms with van der Waals surface area (Å²) in [6.45, 7) is 3.79. The first-order valence-electron chi connectivity index (χ1n) is 6.55. The van der Waals surface area contributed by atoms with Crippen molar-refractivity contribution in [2.24, 2.45) is 5.92 Å². The summed E-state index contributed by atoms with van der Waals surface area (Å²) in [5.74, 6) is -1.01. The van der Waals surface area contributed by atoms with Crippen LogP contribution in [0.25, 0.3) is 0 Å². The first-order valence-corrected chi connectivity index (χ1v) is 6.55. The second-order valence-corrected chi connectivity index (χ2v) is 4.74. The molecule has 0 bridgehead atoms. The van der Waals surface area contributed by atoms with Gasteiger partial charge in [0.2, 0.25) is 0 Å². The van der Waals surface area contributed by atoms with Crippen molar-refractivity contribution in [1.82, 2.24) is 5.32 Å². The number of halogens is 3. The van der Waals surface area contributed by atoms with Crippen LogP contribution in [-0.4, -0.2) is 30.0 Å². The molecule has 1 aromatic rings. The zero-order valence-electron chi connectivity index (χ0n) is 11.8. The molecule has 0 saturated heterocycles. The molecule has 1 rings (SSSR count). The van der Waals surface area contributed by atoms with Gasteiger partial charge in [0, 0.05) is 12.1 Å². The molecule has 118 valence electrons. The smallest absolute Gasteiger partial charge is 0.406 e. The number of hydrogen-bond donors (Lipinski definition) is 2. The molecule has 0 spiro atoms. The van der Waals surface area contributed by atoms with E-state index >= 15 is 0 Å². The third kappa shape index (κ3) is 6.03. The molecule has 2 atom stereocenters. The van der Waals surface area contributed by atoms with Crippen LogP contribution >= 0.6 is 0 Å². The minimum absolute atomic E-state index is 0.0187. The Kier molecular flexibility index (Phi) is 6.02. The molecule has 1 amide bonds. The highest BCUT2D eigenvalue weighted by Crippen LogP contribution is 2.23. The van der Waals surface area contributed by atoms with E-state index in [1.807, 2.05) is 13.8 Å². The second kappa shape index (κ2) is 7.31. The Bertz CT molecular complexity index is 477. The van der Waals surface area contributed by atoms with Gasteiger partial charge in [0.05, 0.1) is 6.10 Å². The van der Waals surface area contributed by atoms with Crippen molar-refractivity contribution in [2.45, 2.75) is 32.7 Å². The molecule has 0 radical (unpaired) electrons. The minimum atomic E-state index is -4.80. The third-order valence-electron chi connectivity index (χ3n) is 3.10. The number of carbonyl (C=O) groups excluding carboxylic acids is 1. The predicted molar refractivity (Wildman–Crippen MR) is 70.9 cm³/mol. The highest BCUT2D eigenvalue weighted by atomic mass is 19.4. The van der Waals surface area contributed by atoms with Crippen LogP contribution in [0, 0.1) is 5.92 Å². The highest BCUT2D eigenvalue weighted by Gasteiger charge is 2.31. The number of benzene rings is 1. The monoisotopic (exact) mass is 305 g/mol. The lowest BCUT2D eigenvalue weighted by molar-refractivity contribution is -0.274. The number of nitrogens with one attached hydrogen (secondary N) is 1. The van der Waals surface area contributed by atoms with Gasteiger partial charge < -0.3 is 15.2 Å². The zero-order chi connectivity index (χ0) is 16.0. The van der Waals surface area contributed by atoms with Gasteiger partial charge in [0.15, 0.2) is 0 Å². The van der Waals surface area contributed by atoms with Gasteiger partial charge in [-0.15, -0.1) is 13.2 Å². The maximum atomic E-state index is 12.1. The van der Waals surface area contributed by atoms with Crippen molar-refractivity contribution < 1.29 is 27.8 Å². The van der Waals surface area contributed by atoms with Crippen molar-refractivity contribution in [3.63, 3.8) is 0 Å². The maximum Gasteiger partial charge on any atom is 0.573 e. The molecule has 0 saturated carbocycles. The number of aliphatic hydroxyl groups excluding tert-OH is 1. The normalized spacial score (nSPS) is 14.4. The Labute approximate surface area is 120 Å². The summed E-state index contributed by atoms with van der Waals surface area (Å²) in [5, 5.41) is 12.2. The van der Waals surface area contributed by atoms with E-state index in [0.29, 0.717) is 0 Å². The molecule has 0 fully saturated rings. The van der Waals surface area contributed by atoms with Gasteiger partial charge >= 0.3 is 6.36 Å². The molecule has 1 aromatic carbocycles. The molecule has 2 N–H and O–H groups in total. The number of alkyl halides is 3. The summed E-state index contributed by atoms with van der Waals surface area (Å²) in [4.78, 5) is 11.8. The molecule has 0 aromatic heterocycles. The van der Waals surface area contributed by atoms with E-state index in [-0.39, 0.29) is 18.0 Å². The number of amides is 1. The number of rotatable bonds is 6. The Hall–Kier alpha value is -1.76. The summed E-state index contributed by atoms with van der Waals surface area (Å²) in [5.41, 5.74) is 0.0353. The Morgan fingerprint density at radius 3 is 2.67 bits per heavy atom. The number of aliphatic hydroxyl groups is 1. The fourth-order valence-corrected chi connectivity index (χ4v) is 1.61. The van der Waals surface area contributed by atoms with Crippen molar-refractivity contribution >= 4 is 5.91 Å². The molecular weight excluding hydrogens is 287 g/mol. The van der Waals surface area contributed by atoms with Gasteiger partial charge in [0.25, 0.3) is 5.91 Å². The fraction of sp³-hybridized carbons (Fsp3) is 0.500. The molecule has 2 unspecified atom stereocenters. The fourth-order valence-electron chi connectivity index (χ4n) is 1.61. The average molecular weight is 305 g/mol. The van der Waals surface area contributed by atoms with Crippen LogP contribution in [0.3, 0.4) is 0 Å². The van der Waals surface area contributed by atoms with E-state index in [1.165, 1.54) is 12.1 Å². The van der Waals surface area contributed by atoms with Crippen molar-refractivity contribution in [3.05, 3.63) is 29.8 Å². The van der Waals surface area contributed by atoms with Crippen LogP contribution in [0.2, 0.25) is 0 Å². The van der Waals surface area contributed by atoms with Gasteiger partial charge in [-0.1, -0.05) is 26.3 Å². The Balaban J connectivity index is 2.64. The van der Waals surface area contributed by atoms with Gasteiger partial charge in [-0.2, -0.15) is 0 Å². The lowest BCUT2D eigenvalue weighted by Crippen LogP contribution is -2.35. The maximum absolute atomic E-state index is 12.1. The topological polar surface area (TPSA) is 58.6 Å². The summed E-state index contributed by atoms with van der Waals surface area (Å²) in [6.07, 6.45) is -4.75. The third-order valence-corrected chi connectivity index (χ3v) is 3.10. The summed E-state index contributed by atoms with van der Waals surface area (Å²) in [6, 6.07) is 4.77. The van der Waals surface area contributed by atoms with Crippen molar-refractivity contribution in [3.8, 4) is 5.75 Å². The molecule has 0 aliphatic carbocycles. The van der Waals surface area contributed by atoms with Gasteiger partial charge in [-0.3, -0.25) is 4.79 Å². The summed E-state index contributed by atoms with van der Waals surface area (Å²) >= 11 is 0. The molecule has 0 aliphatic rings. The first-order chi connectivity index (χ1) is 9.73. The van der Waals surface area contributed by atoms with Crippen molar-refractivity contribution in [1.29, 1.82) is 0 Å². The standard InChI is InChI=1S/C14H18F3NO3/c1-3-9(2)12(19)8-18-13(20)10-5-4-6-11(7-10)21-14(15,16)17/h4-7,9,12,19H,3,8H2,1-2H3,(H,18,20). The van der Waals surface area contributed by atoms with E-state index in [2.05, 4.69) is 10.1 Å². The lowest BCUT2D eigenvalue weighted by atomic mass is 10.0. The molecule has 0 heterocycles. The molecule has 7 heteroatoms. The Morgan fingerprint density at radius 1 is 1.43 bits per heavy atom. The minimum Gasteiger partial charge on any atom is -0.406 e. The average Bonchev–Trinajstić information content (AvgIpc) is 2.41. The SMILES string of the molecule is CCC(C)C(O)CNC(=O)c1cccc(OC(F)(F)F)c1. The molecule has 4 nitrogen and oxygen atoms in total. The van der Waals surface area contributed by atoms with E-state index in [9.17, 15) is 23.1 Å². The van der Waals surface area contributed by atoms with Crippen LogP contribution in [0.5, 0.6) is 5.75 Å². The van der Waals surface area contributed by atoms with E-state index in [4.69, 9.17) is 0 Å². The van der Waals surface area contributed by atoms with E-state index < -0.39 is 24.1 Å². The van der Waals surface area contributed by atoms with Crippen LogP contribution < -0.4 is 10.1 Å². The largest absolute Gasteiger partial charge is 0.573 e. The summed E-state index contributed by atoms with van der Waals surface area (Å²) in [7, 11) is 0. The molecular formula is C14H18F3NO3. The van der Waals surface area contributed by atoms with Crippen LogP contribution in [-0.2, 0) is 0 Å². The van der Waals surface area contributed by atoms with Gasteiger partial charge in [0.1, 0.15) is 5.75 Å². The second-order valence-electron chi connectivity index (χ2n) is 4.74. The Morgan fingerprint density at radius 2 is 2.10 bits per heavy atom. The van der Waals surface area contributed by atoms with Crippen molar-refractivity contribution in [2.75, 3.05) is 6.54 Å². The van der Waals surface area contributed by atoms with Crippen LogP contribution in [0.1, 0.15) is 30.6 Å². The van der Waals surface area contributed by atoms with E-state index in [1.54, 1.807) is 0 Å². The van der Waals surface area contributed by atoms with Crippen LogP contribution in [0.15, 0.2) is 24.3 Å². The highest BCUT2D eigenvalue weighted by molar-refractivity contribution is 5.94. The first kappa shape index (κ1) is 17.3. The van der Waals surface area contributed by atoms with Gasteiger partial charge in [-0.05, 0) is 24.1 Å². The van der Waals surface area contributed by atoms with Crippen LogP contribution in [0.4, 0.5) is 13.2 Å². The number of carbonyl (C=O) groups is 1. The van der Waals surface area contributed by atoms with E-state index in [0.717, 1.165) is 18.6 Å².